The van der Waals surface area contributed by atoms with Crippen LogP contribution < -0.4 is 4.72 Å². The summed E-state index contributed by atoms with van der Waals surface area (Å²) in [6.07, 6.45) is 1.88. The lowest BCUT2D eigenvalue weighted by atomic mass is 10.4. The van der Waals surface area contributed by atoms with E-state index in [1.54, 1.807) is 6.92 Å². The molecule has 0 amide bonds. The van der Waals surface area contributed by atoms with Gasteiger partial charge in [0.2, 0.25) is 10.0 Å². The minimum absolute atomic E-state index is 0.0349. The fourth-order valence-corrected chi connectivity index (χ4v) is 4.09. The zero-order valence-electron chi connectivity index (χ0n) is 9.39. The van der Waals surface area contributed by atoms with Gasteiger partial charge in [0, 0.05) is 17.2 Å². The monoisotopic (exact) mass is 295 g/mol. The molecule has 96 valence electrons. The summed E-state index contributed by atoms with van der Waals surface area (Å²) in [5.41, 5.74) is 0. The molecule has 0 saturated heterocycles. The van der Waals surface area contributed by atoms with Crippen LogP contribution in [0.5, 0.6) is 0 Å². The molecule has 0 bridgehead atoms. The van der Waals surface area contributed by atoms with Gasteiger partial charge in [0.1, 0.15) is 4.88 Å². The van der Waals surface area contributed by atoms with Crippen LogP contribution in [0, 0.1) is 6.92 Å². The Morgan fingerprint density at radius 2 is 2.24 bits per heavy atom. The van der Waals surface area contributed by atoms with E-state index in [4.69, 9.17) is 5.11 Å². The highest BCUT2D eigenvalue weighted by Gasteiger charge is 2.21. The zero-order valence-corrected chi connectivity index (χ0v) is 11.8. The number of thiophene rings is 1. The normalized spacial score (nSPS) is 11.6. The number of carbonyl (C=O) groups is 1. The molecule has 2 N–H and O–H groups in total. The molecule has 0 aliphatic heterocycles. The maximum atomic E-state index is 11.9. The molecule has 5 nitrogen and oxygen atoms in total. The second-order valence-corrected chi connectivity index (χ2v) is 7.20. The van der Waals surface area contributed by atoms with E-state index in [9.17, 15) is 13.2 Å². The number of hydrogen-bond donors (Lipinski definition) is 2. The first-order valence-corrected chi connectivity index (χ1v) is 8.40. The molecule has 0 spiro atoms. The van der Waals surface area contributed by atoms with Gasteiger partial charge in [-0.15, -0.1) is 11.3 Å². The van der Waals surface area contributed by atoms with E-state index in [1.165, 1.54) is 17.8 Å². The quantitative estimate of drug-likeness (QED) is 0.775. The highest BCUT2D eigenvalue weighted by molar-refractivity contribution is 7.98. The molecule has 0 radical (unpaired) electrons. The Kier molecular flexibility index (Phi) is 4.99. The predicted octanol–water partition coefficient (Wildman–Crippen LogP) is 1.40. The van der Waals surface area contributed by atoms with Crippen LogP contribution in [0.1, 0.15) is 14.5 Å². The van der Waals surface area contributed by atoms with Gasteiger partial charge in [-0.1, -0.05) is 0 Å². The summed E-state index contributed by atoms with van der Waals surface area (Å²) >= 11 is 2.50. The number of rotatable bonds is 6. The van der Waals surface area contributed by atoms with Crippen molar-refractivity contribution in [3.05, 3.63) is 15.8 Å². The van der Waals surface area contributed by atoms with Crippen molar-refractivity contribution in [1.29, 1.82) is 0 Å². The third-order valence-corrected chi connectivity index (χ3v) is 5.34. The van der Waals surface area contributed by atoms with Crippen LogP contribution in [-0.2, 0) is 10.0 Å². The lowest BCUT2D eigenvalue weighted by Gasteiger charge is -2.04. The number of thioether (sulfide) groups is 1. The Bertz CT molecular complexity index is 506. The fraction of sp³-hybridized carbons (Fsp3) is 0.444. The van der Waals surface area contributed by atoms with E-state index in [0.29, 0.717) is 17.2 Å². The molecule has 1 heterocycles. The first kappa shape index (κ1) is 14.5. The van der Waals surface area contributed by atoms with Gasteiger partial charge < -0.3 is 5.11 Å². The van der Waals surface area contributed by atoms with Crippen molar-refractivity contribution < 1.29 is 18.3 Å². The second kappa shape index (κ2) is 5.85. The van der Waals surface area contributed by atoms with Crippen molar-refractivity contribution in [2.24, 2.45) is 0 Å². The standard InChI is InChI=1S/C9H13NO4S3/c1-6-8(5-7(16-6)9(11)12)17(13,14)10-3-4-15-2/h5,10H,3-4H2,1-2H3,(H,11,12). The number of nitrogens with one attached hydrogen (secondary N) is 1. The Morgan fingerprint density at radius 3 is 2.71 bits per heavy atom. The number of hydrogen-bond acceptors (Lipinski definition) is 5. The summed E-state index contributed by atoms with van der Waals surface area (Å²) in [4.78, 5) is 11.3. The van der Waals surface area contributed by atoms with Crippen LogP contribution in [0.25, 0.3) is 0 Å². The summed E-state index contributed by atoms with van der Waals surface area (Å²) in [6.45, 7) is 1.93. The third kappa shape index (κ3) is 3.70. The van der Waals surface area contributed by atoms with E-state index in [0.717, 1.165) is 11.3 Å². The Morgan fingerprint density at radius 1 is 1.59 bits per heavy atom. The molecule has 0 unspecified atom stereocenters. The number of aromatic carboxylic acids is 1. The van der Waals surface area contributed by atoms with E-state index < -0.39 is 16.0 Å². The van der Waals surface area contributed by atoms with Crippen LogP contribution in [0.2, 0.25) is 0 Å². The van der Waals surface area contributed by atoms with E-state index >= 15 is 0 Å². The Hall–Kier alpha value is -0.570. The van der Waals surface area contributed by atoms with E-state index in [2.05, 4.69) is 4.72 Å². The smallest absolute Gasteiger partial charge is 0.345 e. The fourth-order valence-electron chi connectivity index (χ4n) is 1.19. The predicted molar refractivity (Wildman–Crippen MR) is 69.6 cm³/mol. The van der Waals surface area contributed by atoms with Crippen LogP contribution >= 0.6 is 23.1 Å². The van der Waals surface area contributed by atoms with E-state index in [1.807, 2.05) is 6.26 Å². The number of carboxylic acids is 1. The molecule has 0 atom stereocenters. The largest absolute Gasteiger partial charge is 0.477 e. The third-order valence-electron chi connectivity index (χ3n) is 1.97. The van der Waals surface area contributed by atoms with Crippen LogP contribution in [0.4, 0.5) is 0 Å². The summed E-state index contributed by atoms with van der Waals surface area (Å²) in [6, 6.07) is 1.20. The molecule has 1 aromatic rings. The van der Waals surface area contributed by atoms with Gasteiger partial charge in [-0.3, -0.25) is 0 Å². The summed E-state index contributed by atoms with van der Waals surface area (Å²) in [5, 5.41) is 8.79. The summed E-state index contributed by atoms with van der Waals surface area (Å²) in [7, 11) is -3.59. The van der Waals surface area contributed by atoms with Crippen molar-refractivity contribution in [3.63, 3.8) is 0 Å². The van der Waals surface area contributed by atoms with Gasteiger partial charge in [0.05, 0.1) is 4.90 Å². The maximum absolute atomic E-state index is 11.9. The molecule has 8 heteroatoms. The van der Waals surface area contributed by atoms with Crippen molar-refractivity contribution in [1.82, 2.24) is 4.72 Å². The second-order valence-electron chi connectivity index (χ2n) is 3.23. The average molecular weight is 295 g/mol. The minimum atomic E-state index is -3.59. The first-order valence-electron chi connectivity index (χ1n) is 4.71. The molecule has 0 aromatic carbocycles. The lowest BCUT2D eigenvalue weighted by Crippen LogP contribution is -2.26. The van der Waals surface area contributed by atoms with Crippen molar-refractivity contribution in [3.8, 4) is 0 Å². The van der Waals surface area contributed by atoms with Gasteiger partial charge in [-0.25, -0.2) is 17.9 Å². The van der Waals surface area contributed by atoms with Crippen molar-refractivity contribution in [2.75, 3.05) is 18.6 Å². The van der Waals surface area contributed by atoms with Gasteiger partial charge in [0.15, 0.2) is 0 Å². The van der Waals surface area contributed by atoms with E-state index in [-0.39, 0.29) is 9.77 Å². The van der Waals surface area contributed by atoms with Crippen LogP contribution in [-0.4, -0.2) is 38.0 Å². The molecule has 0 aliphatic rings. The molecular weight excluding hydrogens is 282 g/mol. The van der Waals surface area contributed by atoms with Gasteiger partial charge in [-0.2, -0.15) is 11.8 Å². The minimum Gasteiger partial charge on any atom is -0.477 e. The highest BCUT2D eigenvalue weighted by atomic mass is 32.2. The number of carboxylic acid groups (broad SMARTS) is 1. The number of sulfonamides is 1. The maximum Gasteiger partial charge on any atom is 0.345 e. The topological polar surface area (TPSA) is 83.5 Å². The number of aryl methyl sites for hydroxylation is 1. The molecule has 0 fully saturated rings. The average Bonchev–Trinajstić information content (AvgIpc) is 2.61. The Balaban J connectivity index is 2.95. The summed E-state index contributed by atoms with van der Waals surface area (Å²) < 4.78 is 26.1. The van der Waals surface area contributed by atoms with Gasteiger partial charge in [-0.05, 0) is 19.2 Å². The molecule has 17 heavy (non-hydrogen) atoms. The highest BCUT2D eigenvalue weighted by Crippen LogP contribution is 2.25. The molecular formula is C9H13NO4S3. The first-order chi connectivity index (χ1) is 7.88. The van der Waals surface area contributed by atoms with Crippen molar-refractivity contribution >= 4 is 39.1 Å². The van der Waals surface area contributed by atoms with Crippen LogP contribution in [0.3, 0.4) is 0 Å². The van der Waals surface area contributed by atoms with Gasteiger partial charge in [0.25, 0.3) is 0 Å². The SMILES string of the molecule is CSCCNS(=O)(=O)c1cc(C(=O)O)sc1C. The summed E-state index contributed by atoms with van der Waals surface area (Å²) in [5.74, 6) is -0.433. The lowest BCUT2D eigenvalue weighted by molar-refractivity contribution is 0.0702. The molecule has 1 aromatic heterocycles. The Labute approximate surface area is 108 Å². The zero-order chi connectivity index (χ0) is 13.1. The molecule has 0 aliphatic carbocycles. The van der Waals surface area contributed by atoms with Gasteiger partial charge >= 0.3 is 5.97 Å². The van der Waals surface area contributed by atoms with Crippen LogP contribution in [0.15, 0.2) is 11.0 Å². The molecule has 1 rings (SSSR count). The molecule has 0 saturated carbocycles. The van der Waals surface area contributed by atoms with Crippen molar-refractivity contribution in [2.45, 2.75) is 11.8 Å².